The van der Waals surface area contributed by atoms with Gasteiger partial charge < -0.3 is 21.1 Å². The van der Waals surface area contributed by atoms with Crippen molar-refractivity contribution in [1.29, 1.82) is 5.41 Å². The standard InChI is InChI=1S/C14H20N4O2/c1-20-10-5-2-4-9(8-10)17-14(19)18-12-7-3-6-11(12)13(15)16/h2,4-5,8,11-12H,3,6-7H2,1H3,(H3,15,16)(H2,17,18,19). The van der Waals surface area contributed by atoms with Gasteiger partial charge in [0.05, 0.1) is 12.9 Å². The molecule has 5 N–H and O–H groups in total. The molecule has 2 amide bonds. The van der Waals surface area contributed by atoms with Crippen LogP contribution in [0.15, 0.2) is 24.3 Å². The number of nitrogens with one attached hydrogen (secondary N) is 3. The zero-order valence-corrected chi connectivity index (χ0v) is 11.5. The molecule has 108 valence electrons. The predicted octanol–water partition coefficient (Wildman–Crippen LogP) is 1.92. The number of amidine groups is 1. The molecule has 0 heterocycles. The van der Waals surface area contributed by atoms with E-state index in [1.807, 2.05) is 12.1 Å². The first-order valence-corrected chi connectivity index (χ1v) is 6.65. The van der Waals surface area contributed by atoms with Crippen LogP contribution in [0.3, 0.4) is 0 Å². The first-order valence-electron chi connectivity index (χ1n) is 6.65. The summed E-state index contributed by atoms with van der Waals surface area (Å²) in [4.78, 5) is 12.0. The molecule has 1 aliphatic carbocycles. The lowest BCUT2D eigenvalue weighted by atomic mass is 10.0. The maximum absolute atomic E-state index is 12.0. The van der Waals surface area contributed by atoms with Crippen LogP contribution in [0.1, 0.15) is 19.3 Å². The van der Waals surface area contributed by atoms with Crippen LogP contribution in [0.2, 0.25) is 0 Å². The summed E-state index contributed by atoms with van der Waals surface area (Å²) < 4.78 is 5.10. The fraction of sp³-hybridized carbons (Fsp3) is 0.429. The minimum atomic E-state index is -0.281. The first-order chi connectivity index (χ1) is 9.60. The minimum absolute atomic E-state index is 0.0499. The van der Waals surface area contributed by atoms with E-state index in [1.54, 1.807) is 19.2 Å². The second-order valence-electron chi connectivity index (χ2n) is 4.93. The number of methoxy groups -OCH3 is 1. The highest BCUT2D eigenvalue weighted by Gasteiger charge is 2.30. The van der Waals surface area contributed by atoms with Crippen molar-refractivity contribution >= 4 is 17.6 Å². The molecule has 2 atom stereocenters. The maximum Gasteiger partial charge on any atom is 0.319 e. The molecule has 1 aromatic rings. The van der Waals surface area contributed by atoms with Crippen molar-refractivity contribution in [3.05, 3.63) is 24.3 Å². The van der Waals surface area contributed by atoms with Crippen molar-refractivity contribution < 1.29 is 9.53 Å². The Balaban J connectivity index is 1.93. The van der Waals surface area contributed by atoms with E-state index in [4.69, 9.17) is 15.9 Å². The highest BCUT2D eigenvalue weighted by atomic mass is 16.5. The lowest BCUT2D eigenvalue weighted by Crippen LogP contribution is -2.43. The Morgan fingerprint density at radius 2 is 2.25 bits per heavy atom. The molecule has 1 aromatic carbocycles. The van der Waals surface area contributed by atoms with Crippen molar-refractivity contribution in [3.8, 4) is 5.75 Å². The van der Waals surface area contributed by atoms with E-state index in [0.29, 0.717) is 11.4 Å². The van der Waals surface area contributed by atoms with Gasteiger partial charge in [0.2, 0.25) is 0 Å². The number of ether oxygens (including phenoxy) is 1. The SMILES string of the molecule is COc1cccc(NC(=O)NC2CCCC2C(=N)N)c1. The van der Waals surface area contributed by atoms with Gasteiger partial charge >= 0.3 is 6.03 Å². The number of carbonyl (C=O) groups is 1. The Kier molecular flexibility index (Phi) is 4.45. The maximum atomic E-state index is 12.0. The molecule has 0 radical (unpaired) electrons. The van der Waals surface area contributed by atoms with Gasteiger partial charge in [-0.15, -0.1) is 0 Å². The van der Waals surface area contributed by atoms with E-state index < -0.39 is 0 Å². The van der Waals surface area contributed by atoms with Crippen molar-refractivity contribution in [2.24, 2.45) is 11.7 Å². The van der Waals surface area contributed by atoms with E-state index in [9.17, 15) is 4.79 Å². The quantitative estimate of drug-likeness (QED) is 0.499. The lowest BCUT2D eigenvalue weighted by Gasteiger charge is -2.20. The van der Waals surface area contributed by atoms with Crippen LogP contribution in [-0.4, -0.2) is 25.0 Å². The van der Waals surface area contributed by atoms with Gasteiger partial charge in [-0.3, -0.25) is 5.41 Å². The largest absolute Gasteiger partial charge is 0.497 e. The van der Waals surface area contributed by atoms with E-state index in [0.717, 1.165) is 19.3 Å². The minimum Gasteiger partial charge on any atom is -0.497 e. The smallest absolute Gasteiger partial charge is 0.319 e. The highest BCUT2D eigenvalue weighted by Crippen LogP contribution is 2.25. The molecule has 2 unspecified atom stereocenters. The fourth-order valence-electron chi connectivity index (χ4n) is 2.54. The molecule has 1 aliphatic rings. The van der Waals surface area contributed by atoms with Gasteiger partial charge in [-0.05, 0) is 25.0 Å². The highest BCUT2D eigenvalue weighted by molar-refractivity contribution is 5.90. The zero-order valence-electron chi connectivity index (χ0n) is 11.5. The van der Waals surface area contributed by atoms with Crippen LogP contribution < -0.4 is 21.1 Å². The van der Waals surface area contributed by atoms with E-state index in [2.05, 4.69) is 10.6 Å². The number of hydrogen-bond donors (Lipinski definition) is 4. The van der Waals surface area contributed by atoms with E-state index in [-0.39, 0.29) is 23.8 Å². The number of benzene rings is 1. The summed E-state index contributed by atoms with van der Waals surface area (Å²) >= 11 is 0. The summed E-state index contributed by atoms with van der Waals surface area (Å²) in [5.41, 5.74) is 6.22. The molecule has 0 aliphatic heterocycles. The van der Waals surface area contributed by atoms with Crippen molar-refractivity contribution in [2.75, 3.05) is 12.4 Å². The normalized spacial score (nSPS) is 21.2. The van der Waals surface area contributed by atoms with Crippen LogP contribution in [-0.2, 0) is 0 Å². The summed E-state index contributed by atoms with van der Waals surface area (Å²) in [6.07, 6.45) is 2.70. The average molecular weight is 276 g/mol. The third-order valence-electron chi connectivity index (χ3n) is 3.56. The van der Waals surface area contributed by atoms with Gasteiger partial charge in [0.25, 0.3) is 0 Å². The lowest BCUT2D eigenvalue weighted by molar-refractivity contribution is 0.247. The van der Waals surface area contributed by atoms with Gasteiger partial charge in [0, 0.05) is 23.7 Å². The average Bonchev–Trinajstić information content (AvgIpc) is 2.87. The second kappa shape index (κ2) is 6.27. The molecule has 1 saturated carbocycles. The molecule has 6 heteroatoms. The van der Waals surface area contributed by atoms with Crippen LogP contribution in [0.4, 0.5) is 10.5 Å². The molecule has 2 rings (SSSR count). The number of amides is 2. The van der Waals surface area contributed by atoms with Gasteiger partial charge in [-0.2, -0.15) is 0 Å². The molecule has 0 aromatic heterocycles. The first kappa shape index (κ1) is 14.2. The Labute approximate surface area is 118 Å². The molecule has 0 spiro atoms. The number of urea groups is 1. The Hall–Kier alpha value is -2.24. The van der Waals surface area contributed by atoms with Crippen molar-refractivity contribution in [2.45, 2.75) is 25.3 Å². The molecular formula is C14H20N4O2. The topological polar surface area (TPSA) is 100 Å². The van der Waals surface area contributed by atoms with Crippen LogP contribution >= 0.6 is 0 Å². The summed E-state index contributed by atoms with van der Waals surface area (Å²) in [6, 6.07) is 6.82. The molecular weight excluding hydrogens is 256 g/mol. The number of nitrogens with two attached hydrogens (primary N) is 1. The van der Waals surface area contributed by atoms with Gasteiger partial charge in [0.1, 0.15) is 5.75 Å². The molecule has 6 nitrogen and oxygen atoms in total. The Bertz CT molecular complexity index is 504. The summed E-state index contributed by atoms with van der Waals surface area (Å²) in [6.45, 7) is 0. The Morgan fingerprint density at radius 1 is 1.45 bits per heavy atom. The number of anilines is 1. The van der Waals surface area contributed by atoms with Gasteiger partial charge in [-0.1, -0.05) is 12.5 Å². The summed E-state index contributed by atoms with van der Waals surface area (Å²) in [5, 5.41) is 13.2. The van der Waals surface area contributed by atoms with Gasteiger partial charge in [-0.25, -0.2) is 4.79 Å². The third-order valence-corrected chi connectivity index (χ3v) is 3.56. The van der Waals surface area contributed by atoms with Crippen molar-refractivity contribution in [3.63, 3.8) is 0 Å². The van der Waals surface area contributed by atoms with Gasteiger partial charge in [0.15, 0.2) is 0 Å². The molecule has 1 fully saturated rings. The number of hydrogen-bond acceptors (Lipinski definition) is 3. The number of rotatable bonds is 4. The zero-order chi connectivity index (χ0) is 14.5. The Morgan fingerprint density at radius 3 is 2.95 bits per heavy atom. The van der Waals surface area contributed by atoms with Crippen LogP contribution in [0.25, 0.3) is 0 Å². The van der Waals surface area contributed by atoms with Crippen molar-refractivity contribution in [1.82, 2.24) is 5.32 Å². The third kappa shape index (κ3) is 3.40. The monoisotopic (exact) mass is 276 g/mol. The fourth-order valence-corrected chi connectivity index (χ4v) is 2.54. The summed E-state index contributed by atoms with van der Waals surface area (Å²) in [7, 11) is 1.58. The molecule has 20 heavy (non-hydrogen) atoms. The van der Waals surface area contributed by atoms with Crippen LogP contribution in [0.5, 0.6) is 5.75 Å². The molecule has 0 bridgehead atoms. The van der Waals surface area contributed by atoms with Crippen LogP contribution in [0, 0.1) is 11.3 Å². The second-order valence-corrected chi connectivity index (χ2v) is 4.93. The van der Waals surface area contributed by atoms with E-state index in [1.165, 1.54) is 0 Å². The predicted molar refractivity (Wildman–Crippen MR) is 78.2 cm³/mol. The molecule has 0 saturated heterocycles. The van der Waals surface area contributed by atoms with E-state index >= 15 is 0 Å². The number of carbonyl (C=O) groups excluding carboxylic acids is 1. The summed E-state index contributed by atoms with van der Waals surface area (Å²) in [5.74, 6) is 0.783.